The van der Waals surface area contributed by atoms with Crippen LogP contribution in [0.1, 0.15) is 18.5 Å². The first-order chi connectivity index (χ1) is 9.53. The van der Waals surface area contributed by atoms with Gasteiger partial charge < -0.3 is 10.1 Å². The SMILES string of the molecule is CNC(=O)C1(COC)CCCN1Cc1nn(C)cc1Br. The molecule has 1 atom stereocenters. The number of amides is 1. The zero-order chi connectivity index (χ0) is 14.8. The maximum Gasteiger partial charge on any atom is 0.242 e. The normalized spacial score (nSPS) is 23.2. The summed E-state index contributed by atoms with van der Waals surface area (Å²) in [7, 11) is 5.20. The first-order valence-corrected chi connectivity index (χ1v) is 7.47. The largest absolute Gasteiger partial charge is 0.382 e. The Morgan fingerprint density at radius 2 is 2.40 bits per heavy atom. The highest BCUT2D eigenvalue weighted by atomic mass is 79.9. The highest BCUT2D eigenvalue weighted by Gasteiger charge is 2.47. The molecule has 1 amide bonds. The zero-order valence-corrected chi connectivity index (χ0v) is 13.7. The molecule has 2 rings (SSSR count). The maximum absolute atomic E-state index is 12.3. The van der Waals surface area contributed by atoms with Crippen molar-refractivity contribution in [1.29, 1.82) is 0 Å². The van der Waals surface area contributed by atoms with Crippen LogP contribution in [0.25, 0.3) is 0 Å². The molecular formula is C13H21BrN4O2. The van der Waals surface area contributed by atoms with Gasteiger partial charge in [-0.25, -0.2) is 0 Å². The maximum atomic E-state index is 12.3. The van der Waals surface area contributed by atoms with Gasteiger partial charge in [0.25, 0.3) is 0 Å². The van der Waals surface area contributed by atoms with Crippen LogP contribution in [0.5, 0.6) is 0 Å². The summed E-state index contributed by atoms with van der Waals surface area (Å²) in [5, 5.41) is 7.21. The van der Waals surface area contributed by atoms with Crippen molar-refractivity contribution >= 4 is 21.8 Å². The number of nitrogens with zero attached hydrogens (tertiary/aromatic N) is 3. The number of hydrogen-bond acceptors (Lipinski definition) is 4. The molecule has 112 valence electrons. The Bertz CT molecular complexity index is 491. The molecule has 1 aliphatic rings. The number of methoxy groups -OCH3 is 1. The quantitative estimate of drug-likeness (QED) is 0.862. The van der Waals surface area contributed by atoms with Gasteiger partial charge in [-0.2, -0.15) is 5.10 Å². The lowest BCUT2D eigenvalue weighted by atomic mass is 9.95. The number of aryl methyl sites for hydroxylation is 1. The predicted octanol–water partition coefficient (Wildman–Crippen LogP) is 0.910. The Labute approximate surface area is 127 Å². The summed E-state index contributed by atoms with van der Waals surface area (Å²) in [5.74, 6) is 0.0175. The van der Waals surface area contributed by atoms with Crippen LogP contribution in [0, 0.1) is 0 Å². The molecule has 0 saturated carbocycles. The fourth-order valence-corrected chi connectivity index (χ4v) is 3.42. The standard InChI is InChI=1S/C13H21BrN4O2/c1-15-12(19)13(9-20-3)5-4-6-18(13)8-11-10(14)7-17(2)16-11/h7H,4-6,8-9H2,1-3H3,(H,15,19). The van der Waals surface area contributed by atoms with E-state index in [-0.39, 0.29) is 5.91 Å². The molecule has 1 aliphatic heterocycles. The number of nitrogens with one attached hydrogen (secondary N) is 1. The zero-order valence-electron chi connectivity index (χ0n) is 12.1. The van der Waals surface area contributed by atoms with Crippen molar-refractivity contribution in [1.82, 2.24) is 20.0 Å². The van der Waals surface area contributed by atoms with E-state index >= 15 is 0 Å². The minimum absolute atomic E-state index is 0.0175. The number of hydrogen-bond donors (Lipinski definition) is 1. The van der Waals surface area contributed by atoms with Crippen LogP contribution in [0.2, 0.25) is 0 Å². The molecule has 1 N–H and O–H groups in total. The third-order valence-electron chi connectivity index (χ3n) is 3.85. The van der Waals surface area contributed by atoms with Gasteiger partial charge in [0.05, 0.1) is 16.8 Å². The fraction of sp³-hybridized carbons (Fsp3) is 0.692. The smallest absolute Gasteiger partial charge is 0.242 e. The first kappa shape index (κ1) is 15.5. The number of ether oxygens (including phenoxy) is 1. The van der Waals surface area contributed by atoms with Gasteiger partial charge in [0.15, 0.2) is 0 Å². The Morgan fingerprint density at radius 1 is 1.65 bits per heavy atom. The van der Waals surface area contributed by atoms with Crippen molar-refractivity contribution in [3.05, 3.63) is 16.4 Å². The topological polar surface area (TPSA) is 59.4 Å². The summed E-state index contributed by atoms with van der Waals surface area (Å²) in [6.07, 6.45) is 3.72. The second kappa shape index (κ2) is 6.24. The average Bonchev–Trinajstić information content (AvgIpc) is 2.95. The molecule has 7 heteroatoms. The van der Waals surface area contributed by atoms with Crippen molar-refractivity contribution in [3.63, 3.8) is 0 Å². The molecule has 2 heterocycles. The minimum atomic E-state index is -0.583. The molecule has 1 unspecified atom stereocenters. The summed E-state index contributed by atoms with van der Waals surface area (Å²) in [6.45, 7) is 1.91. The van der Waals surface area contributed by atoms with Crippen LogP contribution >= 0.6 is 15.9 Å². The summed E-state index contributed by atoms with van der Waals surface area (Å²) >= 11 is 3.51. The second-order valence-electron chi connectivity index (χ2n) is 5.17. The molecule has 6 nitrogen and oxygen atoms in total. The van der Waals surface area contributed by atoms with Crippen molar-refractivity contribution in [3.8, 4) is 0 Å². The highest BCUT2D eigenvalue weighted by Crippen LogP contribution is 2.32. The molecule has 0 aliphatic carbocycles. The Hall–Kier alpha value is -0.920. The number of likely N-dealkylation sites (tertiary alicyclic amines) is 1. The average molecular weight is 345 g/mol. The van der Waals surface area contributed by atoms with Gasteiger partial charge in [-0.3, -0.25) is 14.4 Å². The van der Waals surface area contributed by atoms with E-state index in [0.717, 1.165) is 29.6 Å². The van der Waals surface area contributed by atoms with E-state index in [1.165, 1.54) is 0 Å². The van der Waals surface area contributed by atoms with Crippen LogP contribution in [0.4, 0.5) is 0 Å². The van der Waals surface area contributed by atoms with Gasteiger partial charge in [0, 0.05) is 33.9 Å². The van der Waals surface area contributed by atoms with E-state index < -0.39 is 5.54 Å². The summed E-state index contributed by atoms with van der Waals surface area (Å²) in [6, 6.07) is 0. The number of rotatable bonds is 5. The molecule has 1 aromatic heterocycles. The fourth-order valence-electron chi connectivity index (χ4n) is 2.92. The second-order valence-corrected chi connectivity index (χ2v) is 6.02. The van der Waals surface area contributed by atoms with E-state index in [0.29, 0.717) is 13.2 Å². The van der Waals surface area contributed by atoms with Crippen molar-refractivity contribution in [2.45, 2.75) is 24.9 Å². The summed E-state index contributed by atoms with van der Waals surface area (Å²) in [4.78, 5) is 14.5. The number of carbonyl (C=O) groups excluding carboxylic acids is 1. The lowest BCUT2D eigenvalue weighted by molar-refractivity contribution is -0.135. The summed E-state index contributed by atoms with van der Waals surface area (Å²) < 4.78 is 8.05. The molecule has 1 fully saturated rings. The molecule has 1 saturated heterocycles. The van der Waals surface area contributed by atoms with Crippen LogP contribution < -0.4 is 5.32 Å². The number of halogens is 1. The van der Waals surface area contributed by atoms with Crippen LogP contribution in [0.15, 0.2) is 10.7 Å². The van der Waals surface area contributed by atoms with Crippen LogP contribution in [-0.4, -0.2) is 53.4 Å². The number of aromatic nitrogens is 2. The van der Waals surface area contributed by atoms with Gasteiger partial charge in [0.1, 0.15) is 5.54 Å². The lowest BCUT2D eigenvalue weighted by Gasteiger charge is -2.35. The molecule has 0 bridgehead atoms. The monoisotopic (exact) mass is 344 g/mol. The van der Waals surface area contributed by atoms with Crippen LogP contribution in [0.3, 0.4) is 0 Å². The predicted molar refractivity (Wildman–Crippen MR) is 79.2 cm³/mol. The Morgan fingerprint density at radius 3 is 2.95 bits per heavy atom. The number of carbonyl (C=O) groups is 1. The molecule has 0 radical (unpaired) electrons. The van der Waals surface area contributed by atoms with Gasteiger partial charge in [-0.1, -0.05) is 0 Å². The molecule has 0 spiro atoms. The van der Waals surface area contributed by atoms with Crippen molar-refractivity contribution < 1.29 is 9.53 Å². The lowest BCUT2D eigenvalue weighted by Crippen LogP contribution is -2.57. The molecule has 0 aromatic carbocycles. The third-order valence-corrected chi connectivity index (χ3v) is 4.51. The Kier molecular flexibility index (Phi) is 4.82. The van der Waals surface area contributed by atoms with E-state index in [1.807, 2.05) is 13.2 Å². The highest BCUT2D eigenvalue weighted by molar-refractivity contribution is 9.10. The van der Waals surface area contributed by atoms with Crippen molar-refractivity contribution in [2.24, 2.45) is 7.05 Å². The third kappa shape index (κ3) is 2.75. The van der Waals surface area contributed by atoms with Crippen LogP contribution in [-0.2, 0) is 23.1 Å². The van der Waals surface area contributed by atoms with E-state index in [2.05, 4.69) is 31.2 Å². The Balaban J connectivity index is 2.24. The summed E-state index contributed by atoms with van der Waals surface area (Å²) in [5.41, 5.74) is 0.360. The molecule has 1 aromatic rings. The van der Waals surface area contributed by atoms with Gasteiger partial charge >= 0.3 is 0 Å². The minimum Gasteiger partial charge on any atom is -0.382 e. The van der Waals surface area contributed by atoms with E-state index in [4.69, 9.17) is 4.74 Å². The number of likely N-dealkylation sites (N-methyl/N-ethyl adjacent to an activating group) is 1. The van der Waals surface area contributed by atoms with Gasteiger partial charge in [-0.05, 0) is 35.3 Å². The van der Waals surface area contributed by atoms with Gasteiger partial charge in [0.2, 0.25) is 5.91 Å². The molecular weight excluding hydrogens is 324 g/mol. The first-order valence-electron chi connectivity index (χ1n) is 6.67. The van der Waals surface area contributed by atoms with E-state index in [9.17, 15) is 4.79 Å². The molecule has 20 heavy (non-hydrogen) atoms. The van der Waals surface area contributed by atoms with Gasteiger partial charge in [-0.15, -0.1) is 0 Å². The van der Waals surface area contributed by atoms with E-state index in [1.54, 1.807) is 18.8 Å². The van der Waals surface area contributed by atoms with Crippen molar-refractivity contribution in [2.75, 3.05) is 27.3 Å².